The standard InChI is InChI=1S/C35H39FN8O4S/c1-18(2)25-28(19(3)11-12-39-25)44-30-21(17-22(36)26(40-30)20-9-8-10-23-27(20)41-33(37)49-23)29(24(32(44)46)31(45)38-7)42-13-15-43(16-14-42)34(47)48-35(4,5)6/h8-12,17-18H,13-16H2,1-7H3,(H2,37,41)(H,38,45). The quantitative estimate of drug-likeness (QED) is 0.240. The Balaban J connectivity index is 1.66. The van der Waals surface area contributed by atoms with Crippen molar-refractivity contribution in [2.75, 3.05) is 43.9 Å². The number of nitrogens with zero attached hydrogens (tertiary/aromatic N) is 6. The van der Waals surface area contributed by atoms with Gasteiger partial charge in [-0.05, 0) is 57.4 Å². The number of benzene rings is 1. The summed E-state index contributed by atoms with van der Waals surface area (Å²) in [5.74, 6) is -1.40. The molecular formula is C35H39FN8O4S. The number of pyridine rings is 3. The zero-order chi connectivity index (χ0) is 35.4. The van der Waals surface area contributed by atoms with Crippen LogP contribution in [-0.4, -0.2) is 75.2 Å². The molecule has 0 unspecified atom stereocenters. The summed E-state index contributed by atoms with van der Waals surface area (Å²) >= 11 is 1.28. The van der Waals surface area contributed by atoms with Gasteiger partial charge in [0.15, 0.2) is 10.8 Å². The molecule has 49 heavy (non-hydrogen) atoms. The fourth-order valence-electron chi connectivity index (χ4n) is 6.20. The Morgan fingerprint density at radius 3 is 2.45 bits per heavy atom. The van der Waals surface area contributed by atoms with Gasteiger partial charge in [0.05, 0.1) is 27.3 Å². The molecule has 0 saturated carbocycles. The van der Waals surface area contributed by atoms with Gasteiger partial charge in [0.25, 0.3) is 11.5 Å². The van der Waals surface area contributed by atoms with E-state index in [4.69, 9.17) is 15.5 Å². The fraction of sp³-hybridized carbons (Fsp3) is 0.371. The predicted octanol–water partition coefficient (Wildman–Crippen LogP) is 5.63. The predicted molar refractivity (Wildman–Crippen MR) is 190 cm³/mol. The van der Waals surface area contributed by atoms with Gasteiger partial charge in [-0.2, -0.15) is 0 Å². The molecule has 0 atom stereocenters. The van der Waals surface area contributed by atoms with Gasteiger partial charge in [-0.1, -0.05) is 37.3 Å². The lowest BCUT2D eigenvalue weighted by molar-refractivity contribution is 0.0240. The van der Waals surface area contributed by atoms with Crippen LogP contribution in [0.15, 0.2) is 41.3 Å². The number of nitrogen functional groups attached to an aromatic ring is 1. The summed E-state index contributed by atoms with van der Waals surface area (Å²) in [7, 11) is 1.44. The van der Waals surface area contributed by atoms with Crippen LogP contribution in [0.5, 0.6) is 0 Å². The number of ether oxygens (including phenoxy) is 1. The van der Waals surface area contributed by atoms with Crippen molar-refractivity contribution in [3.8, 4) is 16.9 Å². The van der Waals surface area contributed by atoms with Crippen LogP contribution >= 0.6 is 11.3 Å². The minimum Gasteiger partial charge on any atom is -0.444 e. The van der Waals surface area contributed by atoms with Crippen LogP contribution in [0.2, 0.25) is 0 Å². The number of para-hydroxylation sites is 1. The van der Waals surface area contributed by atoms with E-state index in [1.165, 1.54) is 29.0 Å². The van der Waals surface area contributed by atoms with E-state index >= 15 is 4.39 Å². The van der Waals surface area contributed by atoms with Crippen LogP contribution in [0.4, 0.5) is 20.0 Å². The Labute approximate surface area is 286 Å². The van der Waals surface area contributed by atoms with Crippen molar-refractivity contribution < 1.29 is 18.7 Å². The van der Waals surface area contributed by atoms with E-state index in [-0.39, 0.29) is 60.1 Å². The number of nitrogens with one attached hydrogen (secondary N) is 1. The van der Waals surface area contributed by atoms with Gasteiger partial charge < -0.3 is 25.6 Å². The molecule has 1 fully saturated rings. The lowest BCUT2D eigenvalue weighted by Crippen LogP contribution is -2.51. The molecular weight excluding hydrogens is 648 g/mol. The number of hydrogen-bond donors (Lipinski definition) is 2. The number of aryl methyl sites for hydroxylation is 1. The molecule has 0 spiro atoms. The zero-order valence-electron chi connectivity index (χ0n) is 28.5. The first kappa shape index (κ1) is 33.8. The molecule has 3 N–H and O–H groups in total. The number of hydrogen-bond acceptors (Lipinski definition) is 10. The van der Waals surface area contributed by atoms with Crippen molar-refractivity contribution in [3.05, 3.63) is 69.5 Å². The fourth-order valence-corrected chi connectivity index (χ4v) is 6.96. The van der Waals surface area contributed by atoms with Crippen LogP contribution in [0.25, 0.3) is 38.2 Å². The highest BCUT2D eigenvalue weighted by atomic mass is 32.1. The lowest BCUT2D eigenvalue weighted by Gasteiger charge is -2.38. The second-order valence-electron chi connectivity index (χ2n) is 13.3. The minimum absolute atomic E-state index is 0.0161. The molecule has 2 amide bonds. The van der Waals surface area contributed by atoms with E-state index in [9.17, 15) is 14.4 Å². The molecule has 1 aromatic carbocycles. The van der Waals surface area contributed by atoms with E-state index in [2.05, 4.69) is 15.3 Å². The maximum Gasteiger partial charge on any atom is 0.410 e. The maximum absolute atomic E-state index is 16.5. The van der Waals surface area contributed by atoms with E-state index in [0.717, 1.165) is 10.3 Å². The summed E-state index contributed by atoms with van der Waals surface area (Å²) in [5.41, 5.74) is 7.66. The molecule has 5 aromatic rings. The number of piperazine rings is 1. The van der Waals surface area contributed by atoms with Gasteiger partial charge in [-0.15, -0.1) is 0 Å². The van der Waals surface area contributed by atoms with Crippen molar-refractivity contribution in [2.45, 2.75) is 53.1 Å². The van der Waals surface area contributed by atoms with E-state index in [1.54, 1.807) is 50.1 Å². The third-order valence-corrected chi connectivity index (χ3v) is 9.24. The number of carbonyl (C=O) groups excluding carboxylic acids is 2. The summed E-state index contributed by atoms with van der Waals surface area (Å²) in [6.45, 7) is 12.2. The maximum atomic E-state index is 16.5. The van der Waals surface area contributed by atoms with Crippen molar-refractivity contribution in [1.29, 1.82) is 0 Å². The first-order valence-electron chi connectivity index (χ1n) is 16.1. The number of amides is 2. The number of nitrogens with two attached hydrogens (primary N) is 1. The lowest BCUT2D eigenvalue weighted by atomic mass is 10.0. The second kappa shape index (κ2) is 12.7. The molecule has 14 heteroatoms. The number of fused-ring (bicyclic) bond motifs is 2. The van der Waals surface area contributed by atoms with Crippen molar-refractivity contribution in [2.24, 2.45) is 0 Å². The highest BCUT2D eigenvalue weighted by Gasteiger charge is 2.33. The van der Waals surface area contributed by atoms with Crippen LogP contribution in [0, 0.1) is 12.7 Å². The van der Waals surface area contributed by atoms with Crippen LogP contribution in [-0.2, 0) is 4.74 Å². The Hall–Kier alpha value is -5.11. The third kappa shape index (κ3) is 6.16. The molecule has 0 radical (unpaired) electrons. The molecule has 6 rings (SSSR count). The van der Waals surface area contributed by atoms with E-state index in [1.807, 2.05) is 31.7 Å². The first-order valence-corrected chi connectivity index (χ1v) is 16.9. The minimum atomic E-state index is -0.671. The average molecular weight is 687 g/mol. The SMILES string of the molecule is CNC(=O)c1c(N2CCN(C(=O)OC(C)(C)C)CC2)c2cc(F)c(-c3cccc4sc(N)nc34)nc2n(-c2c(C)ccnc2C(C)C)c1=O. The number of halogens is 1. The van der Waals surface area contributed by atoms with Crippen molar-refractivity contribution >= 4 is 55.4 Å². The molecule has 1 aliphatic rings. The molecule has 4 aromatic heterocycles. The first-order chi connectivity index (χ1) is 23.2. The van der Waals surface area contributed by atoms with E-state index in [0.29, 0.717) is 27.6 Å². The molecule has 12 nitrogen and oxygen atoms in total. The topological polar surface area (TPSA) is 149 Å². The average Bonchev–Trinajstić information content (AvgIpc) is 3.44. The summed E-state index contributed by atoms with van der Waals surface area (Å²) in [6, 6.07) is 8.45. The number of rotatable bonds is 5. The number of anilines is 2. The molecule has 1 aliphatic heterocycles. The summed E-state index contributed by atoms with van der Waals surface area (Å²) < 4.78 is 24.3. The molecule has 5 heterocycles. The Morgan fingerprint density at radius 1 is 1.08 bits per heavy atom. The smallest absolute Gasteiger partial charge is 0.410 e. The number of carbonyl (C=O) groups is 2. The number of thiazole rings is 1. The van der Waals surface area contributed by atoms with Crippen LogP contribution in [0.3, 0.4) is 0 Å². The van der Waals surface area contributed by atoms with Crippen LogP contribution in [0.1, 0.15) is 62.2 Å². The molecule has 0 aliphatic carbocycles. The van der Waals surface area contributed by atoms with Gasteiger partial charge in [0, 0.05) is 50.4 Å². The van der Waals surface area contributed by atoms with Gasteiger partial charge in [0.1, 0.15) is 22.7 Å². The van der Waals surface area contributed by atoms with E-state index < -0.39 is 29.0 Å². The Morgan fingerprint density at radius 2 is 1.80 bits per heavy atom. The Kier molecular flexibility index (Phi) is 8.78. The highest BCUT2D eigenvalue weighted by molar-refractivity contribution is 7.22. The second-order valence-corrected chi connectivity index (χ2v) is 14.4. The monoisotopic (exact) mass is 686 g/mol. The van der Waals surface area contributed by atoms with Crippen LogP contribution < -0.4 is 21.5 Å². The summed E-state index contributed by atoms with van der Waals surface area (Å²) in [4.78, 5) is 58.8. The van der Waals surface area contributed by atoms with Crippen molar-refractivity contribution in [3.63, 3.8) is 0 Å². The van der Waals surface area contributed by atoms with Gasteiger partial charge >= 0.3 is 6.09 Å². The van der Waals surface area contributed by atoms with Gasteiger partial charge in [-0.25, -0.2) is 19.2 Å². The molecule has 1 saturated heterocycles. The Bertz CT molecular complexity index is 2180. The largest absolute Gasteiger partial charge is 0.444 e. The molecule has 0 bridgehead atoms. The summed E-state index contributed by atoms with van der Waals surface area (Å²) in [5, 5.41) is 3.20. The van der Waals surface area contributed by atoms with Gasteiger partial charge in [0.2, 0.25) is 0 Å². The molecule has 256 valence electrons. The zero-order valence-corrected chi connectivity index (χ0v) is 29.4. The van der Waals surface area contributed by atoms with Crippen molar-refractivity contribution in [1.82, 2.24) is 29.7 Å². The highest BCUT2D eigenvalue weighted by Crippen LogP contribution is 2.38. The third-order valence-electron chi connectivity index (χ3n) is 8.39. The summed E-state index contributed by atoms with van der Waals surface area (Å²) in [6.07, 6.45) is 1.22. The normalized spacial score (nSPS) is 13.8. The number of aromatic nitrogens is 4. The van der Waals surface area contributed by atoms with Gasteiger partial charge in [-0.3, -0.25) is 19.1 Å².